The van der Waals surface area contributed by atoms with Gasteiger partial charge in [-0.1, -0.05) is 48.8 Å². The number of oxime groups is 1. The molecule has 5 nitrogen and oxygen atoms in total. The number of carbonyl (C=O) groups is 2. The number of carbonyl (C=O) groups excluding carboxylic acids is 2. The Hall–Kier alpha value is -2.53. The fraction of sp³-hybridized carbons (Fsp3) is 0.581. The van der Waals surface area contributed by atoms with Crippen LogP contribution in [0.5, 0.6) is 0 Å². The first-order valence-corrected chi connectivity index (χ1v) is 15.2. The summed E-state index contributed by atoms with van der Waals surface area (Å²) in [6, 6.07) is 7.14. The van der Waals surface area contributed by atoms with E-state index in [-0.39, 0.29) is 24.5 Å². The van der Waals surface area contributed by atoms with Crippen LogP contribution in [-0.4, -0.2) is 47.9 Å². The number of hydrogen-bond acceptors (Lipinski definition) is 6. The summed E-state index contributed by atoms with van der Waals surface area (Å²) in [6.07, 6.45) is -0.788. The second-order valence-electron chi connectivity index (χ2n) is 11.8. The monoisotopic (exact) mass is 611 g/mol. The topological polar surface area (TPSA) is 65.0 Å². The molecule has 2 fully saturated rings. The number of thioether (sulfide) groups is 1. The van der Waals surface area contributed by atoms with E-state index in [1.165, 1.54) is 6.21 Å². The number of benzene rings is 1. The molecule has 0 aromatic heterocycles. The van der Waals surface area contributed by atoms with Crippen molar-refractivity contribution in [3.05, 3.63) is 58.2 Å². The van der Waals surface area contributed by atoms with Gasteiger partial charge in [-0.05, 0) is 90.5 Å². The predicted octanol–water partition coefficient (Wildman–Crippen LogP) is 8.39. The molecule has 0 N–H and O–H groups in total. The van der Waals surface area contributed by atoms with Crippen molar-refractivity contribution in [2.75, 3.05) is 12.9 Å². The molecule has 4 aliphatic carbocycles. The van der Waals surface area contributed by atoms with E-state index in [9.17, 15) is 22.8 Å². The lowest BCUT2D eigenvalue weighted by molar-refractivity contribution is -0.367. The van der Waals surface area contributed by atoms with Crippen LogP contribution in [-0.2, 0) is 14.4 Å². The van der Waals surface area contributed by atoms with E-state index in [2.05, 4.69) is 5.16 Å². The quantitative estimate of drug-likeness (QED) is 0.140. The summed E-state index contributed by atoms with van der Waals surface area (Å²) in [6.45, 7) is 3.37. The standard InChI is InChI=1S/C31H34F5NO4S/c1-4-42-27(39)41-37-17-18-5-7-19(8-6-18)24-16-28(2)25(13-14-29(28,40-3)30(32,33)31(34,35)36)23-11-9-20-15-21(38)10-12-22(20)26(23)24/h5-8,15,17,23-25H,4,9-14,16H2,1-3H3/b37-17+/t23?,24-,25?,28+,29+/m1/s1. The van der Waals surface area contributed by atoms with Gasteiger partial charge in [0.2, 0.25) is 0 Å². The maximum Gasteiger partial charge on any atom is 0.456 e. The van der Waals surface area contributed by atoms with Crippen LogP contribution in [0.2, 0.25) is 0 Å². The van der Waals surface area contributed by atoms with Crippen LogP contribution >= 0.6 is 11.8 Å². The molecule has 1 aromatic carbocycles. The molecule has 11 heteroatoms. The summed E-state index contributed by atoms with van der Waals surface area (Å²) in [5, 5.41) is 3.18. The van der Waals surface area contributed by atoms with E-state index in [1.54, 1.807) is 25.1 Å². The molecule has 2 saturated carbocycles. The highest BCUT2D eigenvalue weighted by Gasteiger charge is 2.80. The highest BCUT2D eigenvalue weighted by Crippen LogP contribution is 2.71. The Morgan fingerprint density at radius 3 is 2.48 bits per heavy atom. The summed E-state index contributed by atoms with van der Waals surface area (Å²) in [7, 11) is 0.977. The molecular weight excluding hydrogens is 577 g/mol. The first kappa shape index (κ1) is 30.9. The van der Waals surface area contributed by atoms with E-state index >= 15 is 8.78 Å². The van der Waals surface area contributed by atoms with Crippen molar-refractivity contribution in [2.45, 2.75) is 82.4 Å². The molecule has 0 aliphatic heterocycles. The van der Waals surface area contributed by atoms with Crippen LogP contribution in [0, 0.1) is 17.3 Å². The van der Waals surface area contributed by atoms with Gasteiger partial charge < -0.3 is 9.57 Å². The summed E-state index contributed by atoms with van der Waals surface area (Å²) in [5.74, 6) is -5.51. The number of nitrogens with zero attached hydrogens (tertiary/aromatic N) is 1. The van der Waals surface area contributed by atoms with Crippen molar-refractivity contribution in [1.29, 1.82) is 0 Å². The van der Waals surface area contributed by atoms with E-state index in [4.69, 9.17) is 9.57 Å². The molecule has 4 aliphatic rings. The molecule has 0 radical (unpaired) electrons. The lowest BCUT2D eigenvalue weighted by atomic mass is 9.50. The van der Waals surface area contributed by atoms with Gasteiger partial charge >= 0.3 is 17.4 Å². The first-order valence-electron chi connectivity index (χ1n) is 14.2. The van der Waals surface area contributed by atoms with Gasteiger partial charge in [-0.2, -0.15) is 22.0 Å². The molecule has 0 amide bonds. The molecular formula is C31H34F5NO4S. The minimum Gasteiger partial charge on any atom is -0.371 e. The maximum atomic E-state index is 15.5. The van der Waals surface area contributed by atoms with Crippen LogP contribution in [0.1, 0.15) is 75.8 Å². The Bertz CT molecular complexity index is 1340. The van der Waals surface area contributed by atoms with Gasteiger partial charge in [-0.15, -0.1) is 0 Å². The summed E-state index contributed by atoms with van der Waals surface area (Å²) < 4.78 is 78.2. The van der Waals surface area contributed by atoms with E-state index < -0.39 is 46.7 Å². The van der Waals surface area contributed by atoms with Gasteiger partial charge in [0.1, 0.15) is 5.60 Å². The fourth-order valence-corrected chi connectivity index (χ4v) is 8.58. The van der Waals surface area contributed by atoms with Crippen LogP contribution in [0.25, 0.3) is 0 Å². The Morgan fingerprint density at radius 2 is 1.83 bits per heavy atom. The molecule has 5 atom stereocenters. The number of alkyl halides is 5. The lowest BCUT2D eigenvalue weighted by Crippen LogP contribution is -2.66. The SMILES string of the molecule is CCSC(=O)O/N=C/c1ccc([C@H]2C[C@@]3(C)C(CC[C@@]3(OC)C(F)(F)C(F)(F)F)C3CCC4=CC(=O)CCC4=C32)cc1. The Labute approximate surface area is 246 Å². The lowest BCUT2D eigenvalue weighted by Gasteiger charge is -2.57. The average Bonchev–Trinajstić information content (AvgIpc) is 3.25. The molecule has 0 heterocycles. The van der Waals surface area contributed by atoms with E-state index in [1.807, 2.05) is 19.1 Å². The normalized spacial score (nSPS) is 31.5. The number of methoxy groups -OCH3 is 1. The minimum absolute atomic E-state index is 0.0486. The molecule has 0 saturated heterocycles. The molecule has 2 unspecified atom stereocenters. The maximum absolute atomic E-state index is 15.5. The van der Waals surface area contributed by atoms with Crippen molar-refractivity contribution in [1.82, 2.24) is 0 Å². The van der Waals surface area contributed by atoms with Gasteiger partial charge in [-0.25, -0.2) is 4.79 Å². The Balaban J connectivity index is 1.59. The fourth-order valence-electron chi connectivity index (χ4n) is 8.24. The third-order valence-electron chi connectivity index (χ3n) is 10.00. The minimum atomic E-state index is -5.76. The average molecular weight is 612 g/mol. The number of hydrogen-bond donors (Lipinski definition) is 0. The number of fused-ring (bicyclic) bond motifs is 4. The zero-order chi connectivity index (χ0) is 30.5. The van der Waals surface area contributed by atoms with Gasteiger partial charge in [-0.3, -0.25) is 4.79 Å². The Kier molecular flexibility index (Phi) is 8.24. The number of rotatable bonds is 6. The smallest absolute Gasteiger partial charge is 0.371 e. The van der Waals surface area contributed by atoms with Gasteiger partial charge in [0.25, 0.3) is 0 Å². The van der Waals surface area contributed by atoms with Crippen molar-refractivity contribution >= 4 is 29.1 Å². The van der Waals surface area contributed by atoms with E-state index in [0.29, 0.717) is 37.0 Å². The largest absolute Gasteiger partial charge is 0.456 e. The number of ether oxygens (including phenoxy) is 1. The number of ketones is 1. The zero-order valence-corrected chi connectivity index (χ0v) is 24.5. The highest BCUT2D eigenvalue weighted by atomic mass is 32.2. The molecule has 5 rings (SSSR count). The highest BCUT2D eigenvalue weighted by molar-refractivity contribution is 8.13. The molecule has 0 bridgehead atoms. The molecule has 228 valence electrons. The van der Waals surface area contributed by atoms with Crippen molar-refractivity contribution in [3.8, 4) is 0 Å². The zero-order valence-electron chi connectivity index (χ0n) is 23.7. The summed E-state index contributed by atoms with van der Waals surface area (Å²) >= 11 is 0.980. The van der Waals surface area contributed by atoms with Crippen molar-refractivity contribution < 1.29 is 41.1 Å². The van der Waals surface area contributed by atoms with Gasteiger partial charge in [0.05, 0.1) is 6.21 Å². The van der Waals surface area contributed by atoms with E-state index in [0.717, 1.165) is 41.2 Å². The Morgan fingerprint density at radius 1 is 1.12 bits per heavy atom. The second kappa shape index (κ2) is 11.2. The summed E-state index contributed by atoms with van der Waals surface area (Å²) in [5.41, 5.74) is 0.310. The number of halogens is 5. The molecule has 1 aromatic rings. The van der Waals surface area contributed by atoms with Crippen LogP contribution in [0.3, 0.4) is 0 Å². The van der Waals surface area contributed by atoms with Crippen LogP contribution in [0.4, 0.5) is 26.7 Å². The predicted molar refractivity (Wildman–Crippen MR) is 150 cm³/mol. The third kappa shape index (κ3) is 4.84. The number of allylic oxidation sites excluding steroid dienone is 4. The van der Waals surface area contributed by atoms with Crippen molar-refractivity contribution in [3.63, 3.8) is 0 Å². The first-order chi connectivity index (χ1) is 19.8. The van der Waals surface area contributed by atoms with Crippen LogP contribution < -0.4 is 0 Å². The summed E-state index contributed by atoms with van der Waals surface area (Å²) in [4.78, 5) is 28.6. The molecule has 42 heavy (non-hydrogen) atoms. The second-order valence-corrected chi connectivity index (χ2v) is 13.0. The van der Waals surface area contributed by atoms with Crippen LogP contribution in [0.15, 0.2) is 52.2 Å². The van der Waals surface area contributed by atoms with Gasteiger partial charge in [0.15, 0.2) is 5.78 Å². The van der Waals surface area contributed by atoms with Crippen molar-refractivity contribution in [2.24, 2.45) is 22.4 Å². The van der Waals surface area contributed by atoms with Gasteiger partial charge in [0, 0.05) is 30.6 Å². The third-order valence-corrected chi connectivity index (χ3v) is 10.6. The molecule has 0 spiro atoms.